The van der Waals surface area contributed by atoms with Crippen LogP contribution < -0.4 is 19.8 Å². The number of anilines is 3. The van der Waals surface area contributed by atoms with Gasteiger partial charge in [0.25, 0.3) is 10.0 Å². The molecule has 2 atom stereocenters. The molecule has 0 spiro atoms. The molecule has 1 aromatic heterocycles. The zero-order valence-electron chi connectivity index (χ0n) is 19.9. The zero-order chi connectivity index (χ0) is 25.3. The molecule has 2 aliphatic heterocycles. The highest BCUT2D eigenvalue weighted by Gasteiger charge is 2.30. The first-order valence-electron chi connectivity index (χ1n) is 11.9. The smallest absolute Gasteiger partial charge is 0.263 e. The fourth-order valence-electron chi connectivity index (χ4n) is 4.86. The van der Waals surface area contributed by atoms with Crippen LogP contribution in [0.5, 0.6) is 0 Å². The molecule has 1 amide bonds. The number of rotatable bonds is 7. The Kier molecular flexibility index (Phi) is 7.09. The number of nitrogens with one attached hydrogen (secondary N) is 2. The van der Waals surface area contributed by atoms with Crippen LogP contribution in [0, 0.1) is 0 Å². The Labute approximate surface area is 220 Å². The van der Waals surface area contributed by atoms with Crippen LogP contribution in [0.2, 0.25) is 5.02 Å². The minimum absolute atomic E-state index is 0.0133. The quantitative estimate of drug-likeness (QED) is 0.463. The number of carbonyl (C=O) groups is 1. The van der Waals surface area contributed by atoms with Gasteiger partial charge in [-0.05, 0) is 74.2 Å². The number of hydrogen-bond donors (Lipinski definition) is 2. The fraction of sp³-hybridized carbons (Fsp3) is 0.360. The minimum Gasteiger partial charge on any atom is -0.369 e. The lowest BCUT2D eigenvalue weighted by Crippen LogP contribution is -2.50. The summed E-state index contributed by atoms with van der Waals surface area (Å²) in [5.41, 5.74) is 3.20. The second-order valence-electron chi connectivity index (χ2n) is 9.12. The summed E-state index contributed by atoms with van der Waals surface area (Å²) in [5, 5.41) is 5.99. The van der Waals surface area contributed by atoms with Gasteiger partial charge in [0.05, 0.1) is 4.90 Å². The van der Waals surface area contributed by atoms with E-state index < -0.39 is 10.0 Å². The number of hydrogen-bond acceptors (Lipinski definition) is 7. The number of fused-ring (bicyclic) bond motifs is 1. The molecule has 1 fully saturated rings. The van der Waals surface area contributed by atoms with E-state index >= 15 is 0 Å². The second-order valence-corrected chi connectivity index (χ2v) is 12.1. The van der Waals surface area contributed by atoms with E-state index in [0.29, 0.717) is 11.7 Å². The SMILES string of the molecule is C[C@@H](C(=O)N[C@H]1CCN(c2ccc(S(=O)(=O)Nc3nccs3)cc2)C1)N1CCCc2cc(Cl)ccc21. The van der Waals surface area contributed by atoms with E-state index in [1.54, 1.807) is 35.8 Å². The number of aryl methyl sites for hydroxylation is 1. The third-order valence-electron chi connectivity index (χ3n) is 6.74. The largest absolute Gasteiger partial charge is 0.369 e. The van der Waals surface area contributed by atoms with Gasteiger partial charge in [-0.1, -0.05) is 11.6 Å². The van der Waals surface area contributed by atoms with Gasteiger partial charge in [-0.25, -0.2) is 13.4 Å². The molecule has 3 heterocycles. The number of aromatic nitrogens is 1. The molecule has 0 bridgehead atoms. The third-order valence-corrected chi connectivity index (χ3v) is 9.15. The van der Waals surface area contributed by atoms with Crippen molar-refractivity contribution in [1.82, 2.24) is 10.3 Å². The number of thiazole rings is 1. The zero-order valence-corrected chi connectivity index (χ0v) is 22.2. The van der Waals surface area contributed by atoms with E-state index in [0.717, 1.165) is 48.7 Å². The molecule has 2 aromatic carbocycles. The van der Waals surface area contributed by atoms with E-state index in [1.807, 2.05) is 25.1 Å². The van der Waals surface area contributed by atoms with E-state index in [1.165, 1.54) is 16.9 Å². The van der Waals surface area contributed by atoms with Crippen LogP contribution in [0.1, 0.15) is 25.3 Å². The minimum atomic E-state index is -3.68. The fourth-order valence-corrected chi connectivity index (χ4v) is 6.84. The molecule has 2 aliphatic rings. The predicted molar refractivity (Wildman–Crippen MR) is 145 cm³/mol. The maximum absolute atomic E-state index is 13.1. The van der Waals surface area contributed by atoms with Crippen LogP contribution in [0.3, 0.4) is 0 Å². The number of benzene rings is 2. The lowest BCUT2D eigenvalue weighted by Gasteiger charge is -2.36. The van der Waals surface area contributed by atoms with Crippen molar-refractivity contribution < 1.29 is 13.2 Å². The maximum Gasteiger partial charge on any atom is 0.263 e. The Morgan fingerprint density at radius 3 is 2.75 bits per heavy atom. The van der Waals surface area contributed by atoms with Crippen LogP contribution in [0.25, 0.3) is 0 Å². The van der Waals surface area contributed by atoms with Crippen LogP contribution >= 0.6 is 22.9 Å². The summed E-state index contributed by atoms with van der Waals surface area (Å²) in [7, 11) is -3.68. The van der Waals surface area contributed by atoms with Crippen molar-refractivity contribution >= 4 is 55.4 Å². The van der Waals surface area contributed by atoms with Gasteiger partial charge >= 0.3 is 0 Å². The molecular formula is C25H28ClN5O3S2. The van der Waals surface area contributed by atoms with Crippen LogP contribution in [0.15, 0.2) is 58.9 Å². The van der Waals surface area contributed by atoms with Crippen molar-refractivity contribution in [2.75, 3.05) is 34.2 Å². The van der Waals surface area contributed by atoms with Crippen molar-refractivity contribution in [3.63, 3.8) is 0 Å². The molecule has 0 radical (unpaired) electrons. The van der Waals surface area contributed by atoms with Crippen LogP contribution in [-0.4, -0.2) is 51.0 Å². The summed E-state index contributed by atoms with van der Waals surface area (Å²) < 4.78 is 27.6. The number of sulfonamides is 1. The van der Waals surface area contributed by atoms with Gasteiger partial charge in [0, 0.05) is 53.7 Å². The topological polar surface area (TPSA) is 94.6 Å². The number of carbonyl (C=O) groups excluding carboxylic acids is 1. The highest BCUT2D eigenvalue weighted by atomic mass is 35.5. The number of halogens is 1. The average Bonchev–Trinajstić information content (AvgIpc) is 3.55. The molecule has 2 N–H and O–H groups in total. The van der Waals surface area contributed by atoms with Crippen LogP contribution in [0.4, 0.5) is 16.5 Å². The standard InChI is InChI=1S/C25H28ClN5O3S2/c1-17(31-12-2-3-18-15-19(26)4-9-23(18)31)24(32)28-20-10-13-30(16-20)21-5-7-22(8-6-21)36(33,34)29-25-27-11-14-35-25/h4-9,11,14-15,17,20H,2-3,10,12-13,16H2,1H3,(H,27,29)(H,28,32)/t17-,20-/m0/s1. The Hall–Kier alpha value is -2.82. The monoisotopic (exact) mass is 545 g/mol. The lowest BCUT2D eigenvalue weighted by molar-refractivity contribution is -0.122. The maximum atomic E-state index is 13.1. The summed E-state index contributed by atoms with van der Waals surface area (Å²) in [5.74, 6) is 0.0133. The first-order chi connectivity index (χ1) is 17.3. The van der Waals surface area contributed by atoms with Crippen molar-refractivity contribution in [3.05, 3.63) is 64.6 Å². The Morgan fingerprint density at radius 2 is 2.00 bits per heavy atom. The van der Waals surface area contributed by atoms with Gasteiger partial charge in [0.2, 0.25) is 5.91 Å². The van der Waals surface area contributed by atoms with E-state index in [2.05, 4.69) is 24.8 Å². The summed E-state index contributed by atoms with van der Waals surface area (Å²) in [6.07, 6.45) is 4.35. The summed E-state index contributed by atoms with van der Waals surface area (Å²) in [6, 6.07) is 12.4. The van der Waals surface area contributed by atoms with E-state index in [4.69, 9.17) is 11.6 Å². The molecule has 0 aliphatic carbocycles. The first kappa shape index (κ1) is 24.9. The molecule has 11 heteroatoms. The molecule has 0 unspecified atom stereocenters. The Balaban J connectivity index is 1.19. The number of nitrogens with zero attached hydrogens (tertiary/aromatic N) is 3. The molecule has 3 aromatic rings. The molecular weight excluding hydrogens is 518 g/mol. The van der Waals surface area contributed by atoms with Gasteiger partial charge in [-0.2, -0.15) is 0 Å². The summed E-state index contributed by atoms with van der Waals surface area (Å²) >= 11 is 7.39. The van der Waals surface area contributed by atoms with Crippen LogP contribution in [-0.2, 0) is 21.2 Å². The highest BCUT2D eigenvalue weighted by Crippen LogP contribution is 2.31. The van der Waals surface area contributed by atoms with Gasteiger partial charge in [-0.3, -0.25) is 9.52 Å². The average molecular weight is 546 g/mol. The second kappa shape index (κ2) is 10.3. The van der Waals surface area contributed by atoms with Crippen molar-refractivity contribution in [3.8, 4) is 0 Å². The van der Waals surface area contributed by atoms with Gasteiger partial charge in [0.15, 0.2) is 5.13 Å². The molecule has 0 saturated carbocycles. The van der Waals surface area contributed by atoms with Gasteiger partial charge < -0.3 is 15.1 Å². The van der Waals surface area contributed by atoms with Crippen molar-refractivity contribution in [2.45, 2.75) is 43.2 Å². The summed E-state index contributed by atoms with van der Waals surface area (Å²) in [6.45, 7) is 4.25. The van der Waals surface area contributed by atoms with E-state index in [9.17, 15) is 13.2 Å². The molecule has 5 rings (SSSR count). The normalized spacial score (nSPS) is 18.6. The third kappa shape index (κ3) is 5.30. The number of amides is 1. The lowest BCUT2D eigenvalue weighted by atomic mass is 10.00. The molecule has 1 saturated heterocycles. The highest BCUT2D eigenvalue weighted by molar-refractivity contribution is 7.93. The predicted octanol–water partition coefficient (Wildman–Crippen LogP) is 4.13. The molecule has 36 heavy (non-hydrogen) atoms. The van der Waals surface area contributed by atoms with E-state index in [-0.39, 0.29) is 22.9 Å². The van der Waals surface area contributed by atoms with Gasteiger partial charge in [0.1, 0.15) is 6.04 Å². The Morgan fingerprint density at radius 1 is 1.19 bits per heavy atom. The molecule has 190 valence electrons. The van der Waals surface area contributed by atoms with Gasteiger partial charge in [-0.15, -0.1) is 11.3 Å². The van der Waals surface area contributed by atoms with Crippen molar-refractivity contribution in [2.24, 2.45) is 0 Å². The first-order valence-corrected chi connectivity index (χ1v) is 14.7. The summed E-state index contributed by atoms with van der Waals surface area (Å²) in [4.78, 5) is 21.6. The van der Waals surface area contributed by atoms with Crippen molar-refractivity contribution in [1.29, 1.82) is 0 Å². The molecule has 8 nitrogen and oxygen atoms in total. The Bertz CT molecular complexity index is 1330.